The molecule has 1 heterocycles. The van der Waals surface area contributed by atoms with E-state index in [1.807, 2.05) is 13.8 Å². The first-order chi connectivity index (χ1) is 4.04. The van der Waals surface area contributed by atoms with E-state index < -0.39 is 0 Å². The maximum absolute atomic E-state index is 10.9. The summed E-state index contributed by atoms with van der Waals surface area (Å²) in [6.07, 6.45) is 0.752. The van der Waals surface area contributed by atoms with E-state index in [9.17, 15) is 4.79 Å². The molecule has 1 rings (SSSR count). The van der Waals surface area contributed by atoms with Gasteiger partial charge in [0.15, 0.2) is 0 Å². The highest BCUT2D eigenvalue weighted by Gasteiger charge is 2.37. The average molecular weight is 129 g/mol. The highest BCUT2D eigenvalue weighted by Crippen LogP contribution is 2.28. The lowest BCUT2D eigenvalue weighted by Crippen LogP contribution is -2.27. The zero-order valence-corrected chi connectivity index (χ0v) is 5.72. The van der Waals surface area contributed by atoms with Crippen molar-refractivity contribution in [3.8, 4) is 0 Å². The monoisotopic (exact) mass is 129 g/mol. The summed E-state index contributed by atoms with van der Waals surface area (Å²) in [4.78, 5) is 10.9. The van der Waals surface area contributed by atoms with Crippen LogP contribution in [0.25, 0.3) is 0 Å². The Hall–Kier alpha value is -0.570. The van der Waals surface area contributed by atoms with Gasteiger partial charge in [-0.25, -0.2) is 5.06 Å². The van der Waals surface area contributed by atoms with Gasteiger partial charge in [-0.1, -0.05) is 13.8 Å². The molecule has 1 N–H and O–H groups in total. The van der Waals surface area contributed by atoms with E-state index in [4.69, 9.17) is 5.21 Å². The Labute approximate surface area is 54.2 Å². The van der Waals surface area contributed by atoms with Crippen LogP contribution in [0.4, 0.5) is 0 Å². The molecule has 0 aromatic rings. The lowest BCUT2D eigenvalue weighted by molar-refractivity contribution is -0.162. The minimum Gasteiger partial charge on any atom is -0.286 e. The number of amides is 1. The van der Waals surface area contributed by atoms with Gasteiger partial charge in [0, 0.05) is 12.0 Å². The van der Waals surface area contributed by atoms with Crippen molar-refractivity contribution in [3.05, 3.63) is 0 Å². The molecule has 0 spiro atoms. The molecule has 1 aliphatic rings. The third-order valence-corrected chi connectivity index (χ3v) is 1.76. The molecule has 1 aliphatic heterocycles. The smallest absolute Gasteiger partial charge is 0.251 e. The van der Waals surface area contributed by atoms with Crippen LogP contribution in [0.15, 0.2) is 0 Å². The van der Waals surface area contributed by atoms with Crippen LogP contribution in [0.5, 0.6) is 0 Å². The van der Waals surface area contributed by atoms with Crippen molar-refractivity contribution in [3.63, 3.8) is 0 Å². The second-order valence-corrected chi connectivity index (χ2v) is 3.06. The van der Waals surface area contributed by atoms with Crippen LogP contribution >= 0.6 is 0 Å². The molecule has 3 heteroatoms. The van der Waals surface area contributed by atoms with Crippen LogP contribution in [0, 0.1) is 5.41 Å². The second-order valence-electron chi connectivity index (χ2n) is 3.06. The number of hydroxylamine groups is 2. The summed E-state index contributed by atoms with van der Waals surface area (Å²) >= 11 is 0. The molecular weight excluding hydrogens is 118 g/mol. The van der Waals surface area contributed by atoms with Gasteiger partial charge >= 0.3 is 0 Å². The summed E-state index contributed by atoms with van der Waals surface area (Å²) in [6, 6.07) is 0. The predicted molar refractivity (Wildman–Crippen MR) is 31.9 cm³/mol. The largest absolute Gasteiger partial charge is 0.286 e. The standard InChI is InChI=1S/C6H11NO2/c1-6(2)3-4-7(9)5(6)8/h9H,3-4H2,1-2H3. The molecule has 1 fully saturated rings. The molecule has 0 aromatic heterocycles. The lowest BCUT2D eigenvalue weighted by Gasteiger charge is -2.12. The van der Waals surface area contributed by atoms with E-state index in [1.54, 1.807) is 0 Å². The van der Waals surface area contributed by atoms with Crippen LogP contribution < -0.4 is 0 Å². The summed E-state index contributed by atoms with van der Waals surface area (Å²) < 4.78 is 0. The molecule has 0 saturated carbocycles. The van der Waals surface area contributed by atoms with E-state index in [0.717, 1.165) is 11.5 Å². The first-order valence-electron chi connectivity index (χ1n) is 3.05. The Morgan fingerprint density at radius 2 is 2.22 bits per heavy atom. The fraction of sp³-hybridized carbons (Fsp3) is 0.833. The molecule has 1 saturated heterocycles. The minimum atomic E-state index is -0.339. The molecule has 9 heavy (non-hydrogen) atoms. The Morgan fingerprint density at radius 3 is 2.33 bits per heavy atom. The van der Waals surface area contributed by atoms with Gasteiger partial charge in [0.2, 0.25) is 0 Å². The van der Waals surface area contributed by atoms with Crippen molar-refractivity contribution in [2.75, 3.05) is 6.54 Å². The Bertz CT molecular complexity index is 142. The normalized spacial score (nSPS) is 25.2. The molecule has 0 aromatic carbocycles. The van der Waals surface area contributed by atoms with Gasteiger partial charge in [-0.3, -0.25) is 10.0 Å². The molecule has 52 valence electrons. The summed E-state index contributed by atoms with van der Waals surface area (Å²) in [7, 11) is 0. The van der Waals surface area contributed by atoms with Crippen LogP contribution in [0.3, 0.4) is 0 Å². The van der Waals surface area contributed by atoms with Gasteiger partial charge in [-0.2, -0.15) is 0 Å². The quantitative estimate of drug-likeness (QED) is 0.487. The molecular formula is C6H11NO2. The van der Waals surface area contributed by atoms with E-state index in [1.165, 1.54) is 0 Å². The van der Waals surface area contributed by atoms with Gasteiger partial charge in [0.25, 0.3) is 5.91 Å². The molecule has 0 unspecified atom stereocenters. The van der Waals surface area contributed by atoms with Gasteiger partial charge < -0.3 is 0 Å². The van der Waals surface area contributed by atoms with Gasteiger partial charge in [0.05, 0.1) is 0 Å². The highest BCUT2D eigenvalue weighted by molar-refractivity contribution is 5.82. The van der Waals surface area contributed by atoms with E-state index in [-0.39, 0.29) is 11.3 Å². The molecule has 3 nitrogen and oxygen atoms in total. The fourth-order valence-electron chi connectivity index (χ4n) is 0.943. The number of rotatable bonds is 0. The predicted octanol–water partition coefficient (Wildman–Crippen LogP) is 0.634. The SMILES string of the molecule is CC1(C)CCN(O)C1=O. The van der Waals surface area contributed by atoms with Crippen molar-refractivity contribution in [2.45, 2.75) is 20.3 Å². The van der Waals surface area contributed by atoms with Gasteiger partial charge in [-0.15, -0.1) is 0 Å². The van der Waals surface area contributed by atoms with Gasteiger partial charge in [-0.05, 0) is 6.42 Å². The Kier molecular flexibility index (Phi) is 1.24. The van der Waals surface area contributed by atoms with Crippen LogP contribution in [-0.2, 0) is 4.79 Å². The zero-order valence-electron chi connectivity index (χ0n) is 5.72. The third kappa shape index (κ3) is 0.920. The fourth-order valence-corrected chi connectivity index (χ4v) is 0.943. The number of carbonyl (C=O) groups excluding carboxylic acids is 1. The van der Waals surface area contributed by atoms with E-state index in [0.29, 0.717) is 6.54 Å². The highest BCUT2D eigenvalue weighted by atomic mass is 16.5. The zero-order chi connectivity index (χ0) is 7.07. The molecule has 0 radical (unpaired) electrons. The van der Waals surface area contributed by atoms with E-state index in [2.05, 4.69) is 0 Å². The summed E-state index contributed by atoms with van der Waals surface area (Å²) in [6.45, 7) is 4.16. The average Bonchev–Trinajstić information content (AvgIpc) is 1.97. The van der Waals surface area contributed by atoms with Crippen LogP contribution in [0.2, 0.25) is 0 Å². The van der Waals surface area contributed by atoms with Crippen LogP contribution in [0.1, 0.15) is 20.3 Å². The van der Waals surface area contributed by atoms with Crippen LogP contribution in [-0.4, -0.2) is 22.7 Å². The number of carbonyl (C=O) groups is 1. The molecule has 0 aliphatic carbocycles. The Morgan fingerprint density at radius 1 is 1.67 bits per heavy atom. The van der Waals surface area contributed by atoms with Crippen molar-refractivity contribution < 1.29 is 10.0 Å². The van der Waals surface area contributed by atoms with Crippen molar-refractivity contribution in [1.82, 2.24) is 5.06 Å². The maximum atomic E-state index is 10.9. The number of hydrogen-bond acceptors (Lipinski definition) is 2. The van der Waals surface area contributed by atoms with Crippen molar-refractivity contribution in [2.24, 2.45) is 5.41 Å². The number of nitrogens with zero attached hydrogens (tertiary/aromatic N) is 1. The lowest BCUT2D eigenvalue weighted by atomic mass is 9.92. The summed E-state index contributed by atoms with van der Waals surface area (Å²) in [5.41, 5.74) is -0.339. The minimum absolute atomic E-state index is 0.164. The first kappa shape index (κ1) is 6.55. The van der Waals surface area contributed by atoms with E-state index >= 15 is 0 Å². The maximum Gasteiger partial charge on any atom is 0.251 e. The van der Waals surface area contributed by atoms with Crippen molar-refractivity contribution >= 4 is 5.91 Å². The molecule has 0 atom stereocenters. The molecule has 0 bridgehead atoms. The third-order valence-electron chi connectivity index (χ3n) is 1.76. The number of hydrogen-bond donors (Lipinski definition) is 1. The Balaban J connectivity index is 2.74. The van der Waals surface area contributed by atoms with Gasteiger partial charge in [0.1, 0.15) is 0 Å². The topological polar surface area (TPSA) is 40.5 Å². The molecule has 1 amide bonds. The summed E-state index contributed by atoms with van der Waals surface area (Å²) in [5, 5.41) is 9.61. The first-order valence-corrected chi connectivity index (χ1v) is 3.05. The van der Waals surface area contributed by atoms with Crippen molar-refractivity contribution in [1.29, 1.82) is 0 Å². The summed E-state index contributed by atoms with van der Waals surface area (Å²) in [5.74, 6) is -0.164. The second kappa shape index (κ2) is 1.70.